The maximum atomic E-state index is 11.9. The van der Waals surface area contributed by atoms with Crippen LogP contribution in [0.5, 0.6) is 0 Å². The lowest BCUT2D eigenvalue weighted by Crippen LogP contribution is -2.17. The van der Waals surface area contributed by atoms with E-state index in [-0.39, 0.29) is 10.9 Å². The minimum absolute atomic E-state index is 0.288. The molecular formula is C12H11ClN2O3. The smallest absolute Gasteiger partial charge is 0.341 e. The first-order valence-corrected chi connectivity index (χ1v) is 5.52. The van der Waals surface area contributed by atoms with Gasteiger partial charge < -0.3 is 10.0 Å². The van der Waals surface area contributed by atoms with Gasteiger partial charge in [0.1, 0.15) is 5.56 Å². The number of halogens is 1. The fourth-order valence-electron chi connectivity index (χ4n) is 1.71. The summed E-state index contributed by atoms with van der Waals surface area (Å²) in [6.45, 7) is 0. The molecule has 94 valence electrons. The Kier molecular flexibility index (Phi) is 3.00. The number of hydrogen-bond acceptors (Lipinski definition) is 3. The van der Waals surface area contributed by atoms with E-state index in [1.807, 2.05) is 19.0 Å². The molecule has 2 aromatic rings. The van der Waals surface area contributed by atoms with Crippen LogP contribution in [0.4, 0.5) is 5.69 Å². The molecule has 0 amide bonds. The molecule has 0 aliphatic carbocycles. The number of carboxylic acid groups (broad SMARTS) is 1. The zero-order chi connectivity index (χ0) is 13.4. The number of aromatic carboxylic acids is 1. The van der Waals surface area contributed by atoms with Crippen LogP contribution in [-0.2, 0) is 0 Å². The Bertz CT molecular complexity index is 692. The number of anilines is 1. The largest absolute Gasteiger partial charge is 0.477 e. The second-order valence-electron chi connectivity index (χ2n) is 4.08. The number of nitrogens with zero attached hydrogens (tertiary/aromatic N) is 2. The van der Waals surface area contributed by atoms with Crippen LogP contribution < -0.4 is 10.3 Å². The molecule has 0 saturated heterocycles. The summed E-state index contributed by atoms with van der Waals surface area (Å²) < 4.78 is 1.13. The Balaban J connectivity index is 2.84. The van der Waals surface area contributed by atoms with Gasteiger partial charge in [-0.2, -0.15) is 0 Å². The molecule has 5 nitrogen and oxygen atoms in total. The van der Waals surface area contributed by atoms with E-state index in [0.29, 0.717) is 5.52 Å². The second kappa shape index (κ2) is 4.34. The second-order valence-corrected chi connectivity index (χ2v) is 4.45. The standard InChI is InChI=1S/C12H11ClN2O3/c1-14(2)7-3-4-8-10(5-7)15(13)6-9(11(8)16)12(17)18/h3-6H,1-2H3,(H,17,18). The summed E-state index contributed by atoms with van der Waals surface area (Å²) in [5.41, 5.74) is 0.493. The quantitative estimate of drug-likeness (QED) is 0.900. The van der Waals surface area contributed by atoms with Gasteiger partial charge in [-0.25, -0.2) is 4.79 Å². The molecule has 0 fully saturated rings. The van der Waals surface area contributed by atoms with Crippen LogP contribution in [0.3, 0.4) is 0 Å². The predicted molar refractivity (Wildman–Crippen MR) is 70.7 cm³/mol. The van der Waals surface area contributed by atoms with Crippen LogP contribution in [0, 0.1) is 0 Å². The molecule has 18 heavy (non-hydrogen) atoms. The number of fused-ring (bicyclic) bond motifs is 1. The highest BCUT2D eigenvalue weighted by atomic mass is 35.5. The summed E-state index contributed by atoms with van der Waals surface area (Å²) in [6.07, 6.45) is 1.12. The maximum absolute atomic E-state index is 11.9. The summed E-state index contributed by atoms with van der Waals surface area (Å²) in [5, 5.41) is 9.20. The fourth-order valence-corrected chi connectivity index (χ4v) is 1.94. The average Bonchev–Trinajstić information content (AvgIpc) is 2.32. The third kappa shape index (κ3) is 1.93. The van der Waals surface area contributed by atoms with E-state index in [1.54, 1.807) is 18.2 Å². The Hall–Kier alpha value is -2.01. The van der Waals surface area contributed by atoms with Crippen LogP contribution in [-0.4, -0.2) is 29.3 Å². The molecule has 1 aromatic carbocycles. The molecule has 0 spiro atoms. The van der Waals surface area contributed by atoms with Crippen LogP contribution in [0.15, 0.2) is 29.2 Å². The summed E-state index contributed by atoms with van der Waals surface area (Å²) in [7, 11) is 3.73. The van der Waals surface area contributed by atoms with Crippen molar-refractivity contribution in [3.63, 3.8) is 0 Å². The van der Waals surface area contributed by atoms with Crippen LogP contribution in [0.2, 0.25) is 0 Å². The van der Waals surface area contributed by atoms with Crippen molar-refractivity contribution in [3.05, 3.63) is 40.2 Å². The molecule has 0 aliphatic rings. The van der Waals surface area contributed by atoms with E-state index in [9.17, 15) is 9.59 Å². The van der Waals surface area contributed by atoms with Crippen molar-refractivity contribution in [2.75, 3.05) is 19.0 Å². The van der Waals surface area contributed by atoms with Gasteiger partial charge in [0.05, 0.1) is 5.52 Å². The fraction of sp³-hybridized carbons (Fsp3) is 0.167. The van der Waals surface area contributed by atoms with E-state index in [0.717, 1.165) is 16.0 Å². The van der Waals surface area contributed by atoms with Crippen molar-refractivity contribution in [1.29, 1.82) is 0 Å². The Morgan fingerprint density at radius 3 is 2.61 bits per heavy atom. The number of benzene rings is 1. The maximum Gasteiger partial charge on any atom is 0.341 e. The Labute approximate surface area is 108 Å². The Morgan fingerprint density at radius 2 is 2.06 bits per heavy atom. The van der Waals surface area contributed by atoms with Crippen molar-refractivity contribution in [2.45, 2.75) is 0 Å². The lowest BCUT2D eigenvalue weighted by molar-refractivity contribution is 0.0695. The van der Waals surface area contributed by atoms with Gasteiger partial charge in [0.2, 0.25) is 5.43 Å². The first-order valence-electron chi connectivity index (χ1n) is 5.18. The van der Waals surface area contributed by atoms with Crippen molar-refractivity contribution in [3.8, 4) is 0 Å². The highest BCUT2D eigenvalue weighted by Crippen LogP contribution is 2.20. The number of rotatable bonds is 2. The normalized spacial score (nSPS) is 10.6. The third-order valence-corrected chi connectivity index (χ3v) is 2.97. The van der Waals surface area contributed by atoms with Crippen molar-refractivity contribution < 1.29 is 9.90 Å². The minimum atomic E-state index is -1.28. The van der Waals surface area contributed by atoms with Gasteiger partial charge in [-0.15, -0.1) is 0 Å². The van der Waals surface area contributed by atoms with Gasteiger partial charge in [-0.3, -0.25) is 8.88 Å². The zero-order valence-electron chi connectivity index (χ0n) is 9.85. The van der Waals surface area contributed by atoms with Crippen LogP contribution in [0.1, 0.15) is 10.4 Å². The predicted octanol–water partition coefficient (Wildman–Crippen LogP) is 1.77. The third-order valence-electron chi connectivity index (χ3n) is 2.69. The summed E-state index contributed by atoms with van der Waals surface area (Å²) in [5.74, 6) is -1.28. The molecule has 1 N–H and O–H groups in total. The molecule has 1 heterocycles. The van der Waals surface area contributed by atoms with E-state index in [1.165, 1.54) is 0 Å². The van der Waals surface area contributed by atoms with Gasteiger partial charge >= 0.3 is 5.97 Å². The summed E-state index contributed by atoms with van der Waals surface area (Å²) >= 11 is 5.95. The first kappa shape index (κ1) is 12.4. The molecule has 0 radical (unpaired) electrons. The Morgan fingerprint density at radius 1 is 1.39 bits per heavy atom. The van der Waals surface area contributed by atoms with E-state index < -0.39 is 11.4 Å². The molecule has 0 saturated carbocycles. The topological polar surface area (TPSA) is 62.5 Å². The average molecular weight is 267 g/mol. The monoisotopic (exact) mass is 266 g/mol. The highest BCUT2D eigenvalue weighted by Gasteiger charge is 2.14. The molecule has 0 aliphatic heterocycles. The van der Waals surface area contributed by atoms with Crippen molar-refractivity contribution in [2.24, 2.45) is 0 Å². The molecule has 0 atom stereocenters. The van der Waals surface area contributed by atoms with Crippen LogP contribution in [0.25, 0.3) is 10.9 Å². The molecule has 1 aromatic heterocycles. The van der Waals surface area contributed by atoms with Gasteiger partial charge in [0, 0.05) is 43.1 Å². The summed E-state index contributed by atoms with van der Waals surface area (Å²) in [6, 6.07) is 5.06. The number of carbonyl (C=O) groups is 1. The van der Waals surface area contributed by atoms with E-state index in [2.05, 4.69) is 0 Å². The number of carboxylic acids is 1. The SMILES string of the molecule is CN(C)c1ccc2c(=O)c(C(=O)O)cn(Cl)c2c1. The van der Waals surface area contributed by atoms with Crippen molar-refractivity contribution in [1.82, 2.24) is 4.09 Å². The lowest BCUT2D eigenvalue weighted by Gasteiger charge is -2.13. The van der Waals surface area contributed by atoms with Gasteiger partial charge in [-0.05, 0) is 18.2 Å². The number of aromatic nitrogens is 1. The van der Waals surface area contributed by atoms with Gasteiger partial charge in [0.25, 0.3) is 0 Å². The molecule has 6 heteroatoms. The van der Waals surface area contributed by atoms with Crippen LogP contribution >= 0.6 is 11.8 Å². The van der Waals surface area contributed by atoms with Gasteiger partial charge in [0.15, 0.2) is 0 Å². The zero-order valence-corrected chi connectivity index (χ0v) is 10.6. The van der Waals surface area contributed by atoms with Gasteiger partial charge in [-0.1, -0.05) is 0 Å². The van der Waals surface area contributed by atoms with Crippen molar-refractivity contribution >= 4 is 34.3 Å². The lowest BCUT2D eigenvalue weighted by atomic mass is 10.1. The molecule has 0 bridgehead atoms. The highest BCUT2D eigenvalue weighted by molar-refractivity contribution is 6.19. The number of hydrogen-bond donors (Lipinski definition) is 1. The summed E-state index contributed by atoms with van der Waals surface area (Å²) in [4.78, 5) is 24.7. The molecule has 2 rings (SSSR count). The van der Waals surface area contributed by atoms with E-state index in [4.69, 9.17) is 16.9 Å². The van der Waals surface area contributed by atoms with E-state index >= 15 is 0 Å². The minimum Gasteiger partial charge on any atom is -0.477 e. The molecule has 0 unspecified atom stereocenters. The first-order chi connectivity index (χ1) is 8.41. The number of pyridine rings is 1. The molecular weight excluding hydrogens is 256 g/mol.